The predicted molar refractivity (Wildman–Crippen MR) is 118 cm³/mol. The van der Waals surface area contributed by atoms with E-state index < -0.39 is 6.10 Å². The molecular formula is C22H29BrClN2O4-. The van der Waals surface area contributed by atoms with Crippen LogP contribution in [0.1, 0.15) is 0 Å². The summed E-state index contributed by atoms with van der Waals surface area (Å²) in [5.41, 5.74) is 1.21. The number of benzene rings is 2. The zero-order valence-electron chi connectivity index (χ0n) is 17.2. The van der Waals surface area contributed by atoms with Crippen LogP contribution in [0.2, 0.25) is 0 Å². The first-order chi connectivity index (χ1) is 14.1. The van der Waals surface area contributed by atoms with Crippen LogP contribution in [0, 0.1) is 0 Å². The molecule has 0 aliphatic carbocycles. The Labute approximate surface area is 193 Å². The maximum absolute atomic E-state index is 10.2. The standard InChI is InChI=1S/C22H29BrN2O4.ClH/c1-27-21-8-4-19(5-9-21)25-12-10-24(11-13-25)16-20(26)17-28-14-15-29-22-6-2-18(23)3-7-22;/h2-9,20,26H,10-17H2,1H3;1H/p-1. The first kappa shape index (κ1) is 24.8. The van der Waals surface area contributed by atoms with Gasteiger partial charge in [0.25, 0.3) is 0 Å². The van der Waals surface area contributed by atoms with E-state index in [0.29, 0.717) is 26.4 Å². The third kappa shape index (κ3) is 7.96. The summed E-state index contributed by atoms with van der Waals surface area (Å²) in [5.74, 6) is 1.69. The van der Waals surface area contributed by atoms with Gasteiger partial charge in [0, 0.05) is 42.9 Å². The molecule has 30 heavy (non-hydrogen) atoms. The van der Waals surface area contributed by atoms with Gasteiger partial charge in [-0.25, -0.2) is 0 Å². The van der Waals surface area contributed by atoms with Crippen LogP contribution in [0.15, 0.2) is 53.0 Å². The number of aliphatic hydroxyl groups excluding tert-OH is 1. The molecule has 0 bridgehead atoms. The van der Waals surface area contributed by atoms with Gasteiger partial charge in [-0.3, -0.25) is 4.90 Å². The number of ether oxygens (including phenoxy) is 3. The fourth-order valence-electron chi connectivity index (χ4n) is 3.30. The number of hydrogen-bond donors (Lipinski definition) is 1. The first-order valence-corrected chi connectivity index (χ1v) is 10.7. The zero-order chi connectivity index (χ0) is 20.5. The number of piperazine rings is 1. The first-order valence-electron chi connectivity index (χ1n) is 9.89. The van der Waals surface area contributed by atoms with Gasteiger partial charge < -0.3 is 36.6 Å². The van der Waals surface area contributed by atoms with Crippen molar-refractivity contribution in [2.75, 3.05) is 64.6 Å². The van der Waals surface area contributed by atoms with Gasteiger partial charge in [-0.05, 0) is 48.5 Å². The second kappa shape index (κ2) is 13.0. The lowest BCUT2D eigenvalue weighted by molar-refractivity contribution is -0.0000152. The maximum atomic E-state index is 10.2. The Morgan fingerprint density at radius 2 is 1.57 bits per heavy atom. The van der Waals surface area contributed by atoms with Gasteiger partial charge in [-0.15, -0.1) is 0 Å². The highest BCUT2D eigenvalue weighted by molar-refractivity contribution is 9.10. The molecule has 1 N–H and O–H groups in total. The lowest BCUT2D eigenvalue weighted by atomic mass is 10.2. The SMILES string of the molecule is COc1ccc(N2CCN(CC(O)COCCOc3ccc(Br)cc3)CC2)cc1.[Cl-]. The highest BCUT2D eigenvalue weighted by atomic mass is 79.9. The van der Waals surface area contributed by atoms with Crippen LogP contribution in [0.5, 0.6) is 11.5 Å². The van der Waals surface area contributed by atoms with Gasteiger partial charge >= 0.3 is 0 Å². The lowest BCUT2D eigenvalue weighted by Gasteiger charge is -2.36. The molecule has 2 aromatic rings. The Bertz CT molecular complexity index is 725. The van der Waals surface area contributed by atoms with Crippen LogP contribution < -0.4 is 26.8 Å². The third-order valence-electron chi connectivity index (χ3n) is 4.90. The van der Waals surface area contributed by atoms with Crippen molar-refractivity contribution < 1.29 is 31.7 Å². The summed E-state index contributed by atoms with van der Waals surface area (Å²) < 4.78 is 17.4. The average Bonchev–Trinajstić information content (AvgIpc) is 2.75. The lowest BCUT2D eigenvalue weighted by Crippen LogP contribution is -3.00. The molecule has 1 aliphatic heterocycles. The van der Waals surface area contributed by atoms with E-state index in [4.69, 9.17) is 14.2 Å². The quantitative estimate of drug-likeness (QED) is 0.465. The van der Waals surface area contributed by atoms with Gasteiger partial charge in [0.1, 0.15) is 18.1 Å². The molecule has 0 amide bonds. The second-order valence-electron chi connectivity index (χ2n) is 7.02. The van der Waals surface area contributed by atoms with E-state index in [1.807, 2.05) is 36.4 Å². The van der Waals surface area contributed by atoms with Crippen molar-refractivity contribution in [3.63, 3.8) is 0 Å². The summed E-state index contributed by atoms with van der Waals surface area (Å²) in [6.45, 7) is 5.62. The van der Waals surface area contributed by atoms with Crippen molar-refractivity contribution in [3.05, 3.63) is 53.0 Å². The summed E-state index contributed by atoms with van der Waals surface area (Å²) in [6, 6.07) is 15.9. The summed E-state index contributed by atoms with van der Waals surface area (Å²) in [5, 5.41) is 10.2. The number of methoxy groups -OCH3 is 1. The Balaban J connectivity index is 0.00000320. The van der Waals surface area contributed by atoms with Crippen molar-refractivity contribution in [2.45, 2.75) is 6.10 Å². The Morgan fingerprint density at radius 3 is 2.20 bits per heavy atom. The number of nitrogens with zero attached hydrogens (tertiary/aromatic N) is 2. The van der Waals surface area contributed by atoms with Gasteiger partial charge in [-0.1, -0.05) is 15.9 Å². The minimum absolute atomic E-state index is 0. The molecule has 1 unspecified atom stereocenters. The van der Waals surface area contributed by atoms with Gasteiger partial charge in [0.2, 0.25) is 0 Å². The van der Waals surface area contributed by atoms with Crippen molar-refractivity contribution in [2.24, 2.45) is 0 Å². The summed E-state index contributed by atoms with van der Waals surface area (Å²) >= 11 is 3.40. The molecule has 0 radical (unpaired) electrons. The zero-order valence-corrected chi connectivity index (χ0v) is 19.5. The molecular weight excluding hydrogens is 472 g/mol. The fraction of sp³-hybridized carbons (Fsp3) is 0.455. The number of hydrogen-bond acceptors (Lipinski definition) is 6. The number of aliphatic hydroxyl groups is 1. The minimum Gasteiger partial charge on any atom is -1.00 e. The fourth-order valence-corrected chi connectivity index (χ4v) is 3.57. The summed E-state index contributed by atoms with van der Waals surface area (Å²) in [7, 11) is 1.68. The smallest absolute Gasteiger partial charge is 0.119 e. The second-order valence-corrected chi connectivity index (χ2v) is 7.93. The van der Waals surface area contributed by atoms with E-state index in [1.165, 1.54) is 5.69 Å². The third-order valence-corrected chi connectivity index (χ3v) is 5.43. The molecule has 0 saturated carbocycles. The molecule has 8 heteroatoms. The molecule has 3 rings (SSSR count). The average molecular weight is 501 g/mol. The van der Waals surface area contributed by atoms with Crippen molar-refractivity contribution >= 4 is 21.6 Å². The highest BCUT2D eigenvalue weighted by Crippen LogP contribution is 2.20. The van der Waals surface area contributed by atoms with Crippen LogP contribution in [-0.2, 0) is 4.74 Å². The normalized spacial score (nSPS) is 15.4. The topological polar surface area (TPSA) is 54.4 Å². The van der Waals surface area contributed by atoms with Gasteiger partial charge in [0.05, 0.1) is 26.4 Å². The van der Waals surface area contributed by atoms with Crippen LogP contribution in [-0.4, -0.2) is 75.8 Å². The van der Waals surface area contributed by atoms with Crippen molar-refractivity contribution in [1.29, 1.82) is 0 Å². The largest absolute Gasteiger partial charge is 1.00 e. The number of rotatable bonds is 10. The van der Waals surface area contributed by atoms with Crippen molar-refractivity contribution in [3.8, 4) is 11.5 Å². The highest BCUT2D eigenvalue weighted by Gasteiger charge is 2.19. The van der Waals surface area contributed by atoms with E-state index in [2.05, 4.69) is 37.9 Å². The minimum atomic E-state index is -0.491. The molecule has 166 valence electrons. The molecule has 2 aromatic carbocycles. The van der Waals surface area contributed by atoms with Crippen LogP contribution in [0.3, 0.4) is 0 Å². The van der Waals surface area contributed by atoms with E-state index in [1.54, 1.807) is 7.11 Å². The Hall–Kier alpha value is -1.51. The Kier molecular flexibility index (Phi) is 10.7. The number of anilines is 1. The van der Waals surface area contributed by atoms with E-state index in [9.17, 15) is 5.11 Å². The van der Waals surface area contributed by atoms with Crippen molar-refractivity contribution in [1.82, 2.24) is 4.90 Å². The van der Waals surface area contributed by atoms with Crippen LogP contribution in [0.4, 0.5) is 5.69 Å². The summed E-state index contributed by atoms with van der Waals surface area (Å²) in [6.07, 6.45) is -0.491. The van der Waals surface area contributed by atoms with E-state index in [0.717, 1.165) is 42.2 Å². The molecule has 1 atom stereocenters. The van der Waals surface area contributed by atoms with E-state index in [-0.39, 0.29) is 12.4 Å². The molecule has 1 fully saturated rings. The van der Waals surface area contributed by atoms with E-state index >= 15 is 0 Å². The molecule has 1 saturated heterocycles. The molecule has 1 heterocycles. The molecule has 1 aliphatic rings. The predicted octanol–water partition coefficient (Wildman–Crippen LogP) is 0.0402. The van der Waals surface area contributed by atoms with Crippen LogP contribution >= 0.6 is 15.9 Å². The number of β-amino-alcohol motifs (C(OH)–C–C–N with tert-alkyl or cyclic N) is 1. The molecule has 6 nitrogen and oxygen atoms in total. The monoisotopic (exact) mass is 499 g/mol. The Morgan fingerprint density at radius 1 is 0.933 bits per heavy atom. The molecule has 0 aromatic heterocycles. The van der Waals surface area contributed by atoms with Gasteiger partial charge in [-0.2, -0.15) is 0 Å². The molecule has 0 spiro atoms. The van der Waals surface area contributed by atoms with Gasteiger partial charge in [0.15, 0.2) is 0 Å². The summed E-state index contributed by atoms with van der Waals surface area (Å²) in [4.78, 5) is 4.64. The number of halogens is 2. The van der Waals surface area contributed by atoms with Crippen LogP contribution in [0.25, 0.3) is 0 Å². The maximum Gasteiger partial charge on any atom is 0.119 e.